The molecule has 0 bridgehead atoms. The molecule has 0 unspecified atom stereocenters. The van der Waals surface area contributed by atoms with Gasteiger partial charge in [0.05, 0.1) is 12.6 Å². The van der Waals surface area contributed by atoms with Gasteiger partial charge in [-0.3, -0.25) is 4.79 Å². The molecular formula is C15H22N2OS. The van der Waals surface area contributed by atoms with Crippen LogP contribution in [0.4, 0.5) is 0 Å². The molecule has 0 aliphatic heterocycles. The second kappa shape index (κ2) is 7.30. The van der Waals surface area contributed by atoms with Gasteiger partial charge in [0.1, 0.15) is 5.41 Å². The summed E-state index contributed by atoms with van der Waals surface area (Å²) in [6.45, 7) is 6.59. The maximum Gasteiger partial charge on any atom is 0.240 e. The number of nitrogens with one attached hydrogen (secondary N) is 1. The highest BCUT2D eigenvalue weighted by molar-refractivity contribution is 7.10. The number of amides is 1. The largest absolute Gasteiger partial charge is 0.350 e. The third kappa shape index (κ3) is 3.81. The van der Waals surface area contributed by atoms with E-state index < -0.39 is 5.41 Å². The van der Waals surface area contributed by atoms with Crippen LogP contribution in [0, 0.1) is 23.7 Å². The molecule has 0 aliphatic carbocycles. The molecular weight excluding hydrogens is 256 g/mol. The van der Waals surface area contributed by atoms with Gasteiger partial charge in [-0.05, 0) is 36.8 Å². The van der Waals surface area contributed by atoms with Crippen molar-refractivity contribution < 1.29 is 4.79 Å². The first-order valence-corrected chi connectivity index (χ1v) is 7.70. The van der Waals surface area contributed by atoms with Crippen molar-refractivity contribution >= 4 is 17.2 Å². The molecule has 1 N–H and O–H groups in total. The lowest BCUT2D eigenvalue weighted by molar-refractivity contribution is -0.129. The number of hydrogen-bond donors (Lipinski definition) is 1. The number of carbonyl (C=O) groups excluding carboxylic acids is 1. The van der Waals surface area contributed by atoms with Crippen LogP contribution in [0.15, 0.2) is 11.4 Å². The normalized spacial score (nSPS) is 11.1. The van der Waals surface area contributed by atoms with E-state index in [1.807, 2.05) is 32.2 Å². The SMILES string of the molecule is CCCC(C#N)(CCC)C(=O)NCc1sccc1C. The predicted molar refractivity (Wildman–Crippen MR) is 78.8 cm³/mol. The smallest absolute Gasteiger partial charge is 0.240 e. The highest BCUT2D eigenvalue weighted by atomic mass is 32.1. The fourth-order valence-corrected chi connectivity index (χ4v) is 3.13. The zero-order valence-electron chi connectivity index (χ0n) is 12.0. The zero-order chi connectivity index (χ0) is 14.3. The lowest BCUT2D eigenvalue weighted by Crippen LogP contribution is -2.39. The number of nitriles is 1. The first-order chi connectivity index (χ1) is 9.09. The molecule has 0 atom stereocenters. The monoisotopic (exact) mass is 278 g/mol. The van der Waals surface area contributed by atoms with E-state index in [1.54, 1.807) is 11.3 Å². The first kappa shape index (κ1) is 15.7. The summed E-state index contributed by atoms with van der Waals surface area (Å²) < 4.78 is 0. The summed E-state index contributed by atoms with van der Waals surface area (Å²) in [5.41, 5.74) is 0.341. The molecule has 0 fully saturated rings. The van der Waals surface area contributed by atoms with Crippen LogP contribution in [-0.4, -0.2) is 5.91 Å². The van der Waals surface area contributed by atoms with Gasteiger partial charge < -0.3 is 5.32 Å². The van der Waals surface area contributed by atoms with E-state index in [0.717, 1.165) is 17.7 Å². The minimum absolute atomic E-state index is 0.119. The molecule has 0 radical (unpaired) electrons. The van der Waals surface area contributed by atoms with E-state index in [2.05, 4.69) is 11.4 Å². The molecule has 1 heterocycles. The van der Waals surface area contributed by atoms with Gasteiger partial charge in [0.25, 0.3) is 0 Å². The lowest BCUT2D eigenvalue weighted by atomic mass is 9.80. The summed E-state index contributed by atoms with van der Waals surface area (Å²) in [5.74, 6) is -0.119. The van der Waals surface area contributed by atoms with Gasteiger partial charge in [0, 0.05) is 4.88 Å². The second-order valence-electron chi connectivity index (χ2n) is 4.90. The molecule has 3 nitrogen and oxygen atoms in total. The van der Waals surface area contributed by atoms with Crippen molar-refractivity contribution in [3.63, 3.8) is 0 Å². The van der Waals surface area contributed by atoms with Crippen LogP contribution in [0.5, 0.6) is 0 Å². The fourth-order valence-electron chi connectivity index (χ4n) is 2.28. The molecule has 104 valence electrons. The van der Waals surface area contributed by atoms with E-state index in [1.165, 1.54) is 5.56 Å². The summed E-state index contributed by atoms with van der Waals surface area (Å²) >= 11 is 1.64. The van der Waals surface area contributed by atoms with Crippen molar-refractivity contribution in [2.75, 3.05) is 0 Å². The van der Waals surface area contributed by atoms with Crippen molar-refractivity contribution in [1.29, 1.82) is 5.26 Å². The van der Waals surface area contributed by atoms with E-state index in [9.17, 15) is 10.1 Å². The number of thiophene rings is 1. The zero-order valence-corrected chi connectivity index (χ0v) is 12.8. The van der Waals surface area contributed by atoms with E-state index in [0.29, 0.717) is 19.4 Å². The Morgan fingerprint density at radius 2 is 2.05 bits per heavy atom. The Hall–Kier alpha value is -1.34. The van der Waals surface area contributed by atoms with E-state index >= 15 is 0 Å². The Kier molecular flexibility index (Phi) is 6.04. The quantitative estimate of drug-likeness (QED) is 0.825. The highest BCUT2D eigenvalue weighted by Gasteiger charge is 2.36. The summed E-state index contributed by atoms with van der Waals surface area (Å²) in [6.07, 6.45) is 2.96. The van der Waals surface area contributed by atoms with Crippen molar-refractivity contribution in [3.8, 4) is 6.07 Å². The predicted octanol–water partition coefficient (Wildman–Crippen LogP) is 3.78. The number of nitrogens with zero attached hydrogens (tertiary/aromatic N) is 1. The van der Waals surface area contributed by atoms with Gasteiger partial charge in [-0.15, -0.1) is 11.3 Å². The number of aryl methyl sites for hydroxylation is 1. The number of hydrogen-bond acceptors (Lipinski definition) is 3. The van der Waals surface area contributed by atoms with Crippen LogP contribution in [0.2, 0.25) is 0 Å². The molecule has 1 rings (SSSR count). The van der Waals surface area contributed by atoms with Crippen LogP contribution in [0.1, 0.15) is 50.0 Å². The van der Waals surface area contributed by atoms with Crippen LogP contribution in [0.3, 0.4) is 0 Å². The second-order valence-corrected chi connectivity index (χ2v) is 5.90. The molecule has 0 aliphatic rings. The Morgan fingerprint density at radius 3 is 2.47 bits per heavy atom. The Bertz CT molecular complexity index is 453. The minimum atomic E-state index is -0.853. The third-order valence-electron chi connectivity index (χ3n) is 3.38. The number of carbonyl (C=O) groups is 1. The van der Waals surface area contributed by atoms with Gasteiger partial charge in [0.2, 0.25) is 5.91 Å². The molecule has 0 saturated heterocycles. The molecule has 19 heavy (non-hydrogen) atoms. The average Bonchev–Trinajstić information content (AvgIpc) is 2.81. The highest BCUT2D eigenvalue weighted by Crippen LogP contribution is 2.29. The van der Waals surface area contributed by atoms with Gasteiger partial charge >= 0.3 is 0 Å². The van der Waals surface area contributed by atoms with Gasteiger partial charge in [-0.2, -0.15) is 5.26 Å². The van der Waals surface area contributed by atoms with Crippen LogP contribution in [-0.2, 0) is 11.3 Å². The van der Waals surface area contributed by atoms with Crippen LogP contribution >= 0.6 is 11.3 Å². The number of rotatable bonds is 7. The van der Waals surface area contributed by atoms with Gasteiger partial charge in [0.15, 0.2) is 0 Å². The molecule has 4 heteroatoms. The lowest BCUT2D eigenvalue weighted by Gasteiger charge is -2.24. The average molecular weight is 278 g/mol. The third-order valence-corrected chi connectivity index (χ3v) is 4.40. The molecule has 0 aromatic carbocycles. The summed E-state index contributed by atoms with van der Waals surface area (Å²) in [7, 11) is 0. The van der Waals surface area contributed by atoms with Crippen molar-refractivity contribution in [1.82, 2.24) is 5.32 Å². The van der Waals surface area contributed by atoms with E-state index in [-0.39, 0.29) is 5.91 Å². The molecule has 1 aromatic rings. The Labute approximate surface area is 119 Å². The fraction of sp³-hybridized carbons (Fsp3) is 0.600. The van der Waals surface area contributed by atoms with Crippen molar-refractivity contribution in [2.24, 2.45) is 5.41 Å². The Morgan fingerprint density at radius 1 is 1.42 bits per heavy atom. The summed E-state index contributed by atoms with van der Waals surface area (Å²) in [6, 6.07) is 4.30. The van der Waals surface area contributed by atoms with Crippen LogP contribution in [0.25, 0.3) is 0 Å². The maximum atomic E-state index is 12.4. The summed E-state index contributed by atoms with van der Waals surface area (Å²) in [5, 5.41) is 14.4. The molecule has 1 aromatic heterocycles. The maximum absolute atomic E-state index is 12.4. The first-order valence-electron chi connectivity index (χ1n) is 6.82. The standard InChI is InChI=1S/C15H22N2OS/c1-4-7-15(11-16,8-5-2)14(18)17-10-13-12(3)6-9-19-13/h6,9H,4-5,7-8,10H2,1-3H3,(H,17,18). The molecule has 0 spiro atoms. The van der Waals surface area contributed by atoms with Crippen molar-refractivity contribution in [2.45, 2.75) is 53.0 Å². The summed E-state index contributed by atoms with van der Waals surface area (Å²) in [4.78, 5) is 13.5. The topological polar surface area (TPSA) is 52.9 Å². The van der Waals surface area contributed by atoms with E-state index in [4.69, 9.17) is 0 Å². The molecule has 1 amide bonds. The minimum Gasteiger partial charge on any atom is -0.350 e. The molecule has 0 saturated carbocycles. The van der Waals surface area contributed by atoms with Gasteiger partial charge in [-0.1, -0.05) is 26.7 Å². The van der Waals surface area contributed by atoms with Gasteiger partial charge in [-0.25, -0.2) is 0 Å². The van der Waals surface area contributed by atoms with Crippen LogP contribution < -0.4 is 5.32 Å². The van der Waals surface area contributed by atoms with Crippen molar-refractivity contribution in [3.05, 3.63) is 21.9 Å². The Balaban J connectivity index is 2.72.